The Hall–Kier alpha value is -1.07. The highest BCUT2D eigenvalue weighted by Crippen LogP contribution is 2.19. The summed E-state index contributed by atoms with van der Waals surface area (Å²) >= 11 is 6.74. The summed E-state index contributed by atoms with van der Waals surface area (Å²) in [4.78, 5) is 8.76. The van der Waals surface area contributed by atoms with Crippen LogP contribution in [0.2, 0.25) is 0 Å². The van der Waals surface area contributed by atoms with Gasteiger partial charge >= 0.3 is 0 Å². The van der Waals surface area contributed by atoms with Gasteiger partial charge in [0, 0.05) is 18.6 Å². The van der Waals surface area contributed by atoms with Gasteiger partial charge in [0.2, 0.25) is 0 Å². The van der Waals surface area contributed by atoms with Crippen LogP contribution >= 0.6 is 31.9 Å². The third-order valence-corrected chi connectivity index (χ3v) is 4.06. The van der Waals surface area contributed by atoms with E-state index in [9.17, 15) is 0 Å². The predicted molar refractivity (Wildman–Crippen MR) is 83.7 cm³/mol. The molecule has 1 aromatic carbocycles. The number of rotatable bonds is 4. The average molecular weight is 383 g/mol. The van der Waals surface area contributed by atoms with Crippen molar-refractivity contribution in [3.8, 4) is 0 Å². The molecule has 0 aliphatic carbocycles. The van der Waals surface area contributed by atoms with Gasteiger partial charge in [0.05, 0.1) is 11.4 Å². The van der Waals surface area contributed by atoms with Crippen LogP contribution in [0.15, 0.2) is 39.5 Å². The fourth-order valence-corrected chi connectivity index (χ4v) is 2.66. The smallest absolute Gasteiger partial charge is 0.129 e. The average Bonchev–Trinajstić information content (AvgIpc) is 2.37. The van der Waals surface area contributed by atoms with Crippen LogP contribution in [-0.2, 0) is 12.8 Å². The number of aromatic nitrogens is 2. The highest BCUT2D eigenvalue weighted by molar-refractivity contribution is 9.11. The summed E-state index contributed by atoms with van der Waals surface area (Å²) in [6.45, 7) is 1.90. The lowest BCUT2D eigenvalue weighted by Gasteiger charge is -2.07. The normalized spacial score (nSPS) is 10.5. The summed E-state index contributed by atoms with van der Waals surface area (Å²) in [5.41, 5.74) is 3.42. The molecule has 0 saturated carbocycles. The van der Waals surface area contributed by atoms with Crippen molar-refractivity contribution < 1.29 is 0 Å². The molecule has 0 unspecified atom stereocenters. The largest absolute Gasteiger partial charge is 0.309 e. The number of benzene rings is 1. The van der Waals surface area contributed by atoms with E-state index in [2.05, 4.69) is 41.8 Å². The van der Waals surface area contributed by atoms with Crippen molar-refractivity contribution in [3.63, 3.8) is 0 Å². The van der Waals surface area contributed by atoms with Gasteiger partial charge in [-0.05, 0) is 44.3 Å². The molecular weight excluding hydrogens is 370 g/mol. The molecule has 1 aromatic heterocycles. The molecule has 0 atom stereocenters. The van der Waals surface area contributed by atoms with Gasteiger partial charge in [-0.25, -0.2) is 4.98 Å². The molecule has 1 N–H and O–H groups in total. The molecular formula is C14H13Br2N3. The molecule has 0 radical (unpaired) electrons. The van der Waals surface area contributed by atoms with Crippen LogP contribution in [-0.4, -0.2) is 15.7 Å². The van der Waals surface area contributed by atoms with E-state index in [1.54, 1.807) is 0 Å². The molecule has 2 aromatic rings. The third kappa shape index (κ3) is 3.94. The molecule has 3 nitrogen and oxygen atoms in total. The Bertz CT molecular complexity index is 597. The summed E-state index contributed by atoms with van der Waals surface area (Å²) < 4.78 is 1.43. The zero-order chi connectivity index (χ0) is 13.8. The zero-order valence-corrected chi connectivity index (χ0v) is 13.6. The number of halogens is 2. The van der Waals surface area contributed by atoms with Gasteiger partial charge in [0.25, 0.3) is 0 Å². The van der Waals surface area contributed by atoms with E-state index in [-0.39, 0.29) is 0 Å². The third-order valence-electron chi connectivity index (χ3n) is 2.68. The molecule has 0 amide bonds. The lowest BCUT2D eigenvalue weighted by Crippen LogP contribution is -2.09. The molecule has 0 bridgehead atoms. The molecule has 19 heavy (non-hydrogen) atoms. The lowest BCUT2D eigenvalue weighted by molar-refractivity contribution is 0.969. The van der Waals surface area contributed by atoms with E-state index in [4.69, 9.17) is 5.41 Å². The van der Waals surface area contributed by atoms with Crippen LogP contribution in [0.25, 0.3) is 0 Å². The molecule has 0 saturated heterocycles. The van der Waals surface area contributed by atoms with Crippen molar-refractivity contribution in [1.82, 2.24) is 9.97 Å². The van der Waals surface area contributed by atoms with Crippen molar-refractivity contribution >= 4 is 37.6 Å². The summed E-state index contributed by atoms with van der Waals surface area (Å²) in [7, 11) is 0. The number of nitrogens with one attached hydrogen (secondary N) is 1. The Labute approximate surface area is 129 Å². The Kier molecular flexibility index (Phi) is 4.82. The molecule has 0 aliphatic rings. The first-order valence-electron chi connectivity index (χ1n) is 5.85. The Morgan fingerprint density at radius 3 is 2.42 bits per heavy atom. The minimum absolute atomic E-state index is 0.511. The maximum Gasteiger partial charge on any atom is 0.129 e. The zero-order valence-electron chi connectivity index (χ0n) is 10.5. The number of nitrogens with zero attached hydrogens (tertiary/aromatic N) is 2. The van der Waals surface area contributed by atoms with Crippen LogP contribution < -0.4 is 0 Å². The number of aryl methyl sites for hydroxylation is 1. The molecule has 98 valence electrons. The van der Waals surface area contributed by atoms with Crippen molar-refractivity contribution in [2.24, 2.45) is 0 Å². The topological polar surface area (TPSA) is 49.6 Å². The van der Waals surface area contributed by atoms with Crippen molar-refractivity contribution in [1.29, 1.82) is 5.41 Å². The van der Waals surface area contributed by atoms with Gasteiger partial charge < -0.3 is 5.41 Å². The summed E-state index contributed by atoms with van der Waals surface area (Å²) in [6, 6.07) is 10.0. The van der Waals surface area contributed by atoms with Gasteiger partial charge in [0.15, 0.2) is 0 Å². The quantitative estimate of drug-likeness (QED) is 0.808. The summed E-state index contributed by atoms with van der Waals surface area (Å²) in [5, 5.41) is 8.08. The molecule has 2 rings (SSSR count). The second-order valence-corrected chi connectivity index (χ2v) is 5.78. The van der Waals surface area contributed by atoms with Gasteiger partial charge in [-0.1, -0.05) is 30.3 Å². The van der Waals surface area contributed by atoms with Gasteiger partial charge in [-0.3, -0.25) is 4.98 Å². The van der Waals surface area contributed by atoms with Gasteiger partial charge in [-0.15, -0.1) is 0 Å². The second kappa shape index (κ2) is 6.39. The Balaban J connectivity index is 2.09. The first-order chi connectivity index (χ1) is 9.06. The molecule has 0 aliphatic heterocycles. The molecule has 0 fully saturated rings. The standard InChI is InChI=1S/C14H13Br2N3/c1-9-13(15)19-14(16)12(18-9)8-11(17)7-10-5-3-2-4-6-10/h2-6,17H,7-8H2,1H3. The minimum atomic E-state index is 0.511. The van der Waals surface area contributed by atoms with Crippen LogP contribution in [0.1, 0.15) is 17.0 Å². The van der Waals surface area contributed by atoms with E-state index in [1.165, 1.54) is 0 Å². The van der Waals surface area contributed by atoms with Crippen molar-refractivity contribution in [2.75, 3.05) is 0 Å². The van der Waals surface area contributed by atoms with Gasteiger partial charge in [-0.2, -0.15) is 0 Å². The molecule has 0 spiro atoms. The minimum Gasteiger partial charge on any atom is -0.309 e. The van der Waals surface area contributed by atoms with E-state index in [0.29, 0.717) is 23.2 Å². The lowest BCUT2D eigenvalue weighted by atomic mass is 10.1. The Morgan fingerprint density at radius 1 is 1.05 bits per heavy atom. The fraction of sp³-hybridized carbons (Fsp3) is 0.214. The first-order valence-corrected chi connectivity index (χ1v) is 7.43. The summed E-state index contributed by atoms with van der Waals surface area (Å²) in [5.74, 6) is 0. The number of hydrogen-bond acceptors (Lipinski definition) is 3. The van der Waals surface area contributed by atoms with Crippen LogP contribution in [0.4, 0.5) is 0 Å². The van der Waals surface area contributed by atoms with Crippen molar-refractivity contribution in [3.05, 3.63) is 56.5 Å². The van der Waals surface area contributed by atoms with E-state index < -0.39 is 0 Å². The molecule has 5 heteroatoms. The van der Waals surface area contributed by atoms with Crippen molar-refractivity contribution in [2.45, 2.75) is 19.8 Å². The van der Waals surface area contributed by atoms with Crippen LogP contribution in [0.3, 0.4) is 0 Å². The first kappa shape index (κ1) is 14.3. The SMILES string of the molecule is Cc1nc(CC(=N)Cc2ccccc2)c(Br)nc1Br. The van der Waals surface area contributed by atoms with Gasteiger partial charge in [0.1, 0.15) is 9.21 Å². The summed E-state index contributed by atoms with van der Waals surface area (Å²) in [6.07, 6.45) is 1.15. The van der Waals surface area contributed by atoms with Crippen LogP contribution in [0.5, 0.6) is 0 Å². The van der Waals surface area contributed by atoms with E-state index >= 15 is 0 Å². The Morgan fingerprint density at radius 2 is 1.74 bits per heavy atom. The predicted octanol–water partition coefficient (Wildman–Crippen LogP) is 4.11. The van der Waals surface area contributed by atoms with Crippen LogP contribution in [0, 0.1) is 12.3 Å². The maximum absolute atomic E-state index is 8.08. The highest BCUT2D eigenvalue weighted by Gasteiger charge is 2.10. The molecule has 1 heterocycles. The number of hydrogen-bond donors (Lipinski definition) is 1. The monoisotopic (exact) mass is 381 g/mol. The highest BCUT2D eigenvalue weighted by atomic mass is 79.9. The second-order valence-electron chi connectivity index (χ2n) is 4.28. The maximum atomic E-state index is 8.08. The van der Waals surface area contributed by atoms with E-state index in [1.807, 2.05) is 37.3 Å². The van der Waals surface area contributed by atoms with E-state index in [0.717, 1.165) is 21.6 Å². The fourth-order valence-electron chi connectivity index (χ4n) is 1.75.